The van der Waals surface area contributed by atoms with Gasteiger partial charge in [0.2, 0.25) is 5.91 Å². The van der Waals surface area contributed by atoms with Crippen molar-refractivity contribution in [2.24, 2.45) is 17.0 Å². The molecule has 0 spiro atoms. The van der Waals surface area contributed by atoms with Crippen molar-refractivity contribution in [3.63, 3.8) is 0 Å². The van der Waals surface area contributed by atoms with Crippen LogP contribution in [0.2, 0.25) is 0 Å². The number of nitrogens with zero attached hydrogens (tertiary/aromatic N) is 2. The van der Waals surface area contributed by atoms with E-state index in [0.29, 0.717) is 11.1 Å². The average molecular weight is 537 g/mol. The van der Waals surface area contributed by atoms with Gasteiger partial charge in [0.25, 0.3) is 5.60 Å². The molecule has 4 rings (SSSR count). The summed E-state index contributed by atoms with van der Waals surface area (Å²) in [5.41, 5.74) is -4.27. The third-order valence-electron chi connectivity index (χ3n) is 6.76. The molecule has 0 saturated carbocycles. The highest BCUT2D eigenvalue weighted by Crippen LogP contribution is 2.52. The zero-order valence-electron chi connectivity index (χ0n) is 19.1. The molecule has 0 aromatic heterocycles. The van der Waals surface area contributed by atoms with E-state index in [1.807, 2.05) is 0 Å². The summed E-state index contributed by atoms with van der Waals surface area (Å²) in [4.78, 5) is 18.5. The zero-order valence-corrected chi connectivity index (χ0v) is 20.6. The van der Waals surface area contributed by atoms with Crippen molar-refractivity contribution in [2.75, 3.05) is 13.1 Å². The van der Waals surface area contributed by atoms with E-state index < -0.39 is 46.0 Å². The number of benzene rings is 1. The van der Waals surface area contributed by atoms with E-state index in [1.165, 1.54) is 36.1 Å². The number of hydrogen-bond acceptors (Lipinski definition) is 3. The number of likely N-dealkylation sites (tertiary alicyclic amines) is 1. The fraction of sp³-hybridized carbons (Fsp3) is 0.500. The predicted molar refractivity (Wildman–Crippen MR) is 123 cm³/mol. The van der Waals surface area contributed by atoms with Crippen LogP contribution in [0.1, 0.15) is 38.3 Å². The van der Waals surface area contributed by atoms with Crippen LogP contribution in [0.3, 0.4) is 0 Å². The maximum atomic E-state index is 15.2. The van der Waals surface area contributed by atoms with Gasteiger partial charge in [-0.25, -0.2) is 8.78 Å². The summed E-state index contributed by atoms with van der Waals surface area (Å²) in [6.45, 7) is 4.67. The molecule has 1 fully saturated rings. The van der Waals surface area contributed by atoms with Gasteiger partial charge in [0, 0.05) is 18.3 Å². The summed E-state index contributed by atoms with van der Waals surface area (Å²) in [6, 6.07) is 5.87. The van der Waals surface area contributed by atoms with Gasteiger partial charge in [-0.15, -0.1) is 11.6 Å². The molecule has 0 radical (unpaired) electrons. The van der Waals surface area contributed by atoms with Crippen LogP contribution in [-0.2, 0) is 15.3 Å². The minimum Gasteiger partial charge on any atom is -0.374 e. The Morgan fingerprint density at radius 3 is 2.37 bits per heavy atom. The molecule has 35 heavy (non-hydrogen) atoms. The third kappa shape index (κ3) is 4.24. The molecule has 1 aromatic carbocycles. The van der Waals surface area contributed by atoms with Gasteiger partial charge in [0.1, 0.15) is 5.83 Å². The number of allylic oxidation sites excluding steroid dienone is 3. The van der Waals surface area contributed by atoms with Crippen LogP contribution in [0.4, 0.5) is 22.0 Å². The summed E-state index contributed by atoms with van der Waals surface area (Å²) < 4.78 is 72.3. The molecule has 2 aliphatic heterocycles. The largest absolute Gasteiger partial charge is 0.435 e. The van der Waals surface area contributed by atoms with E-state index >= 15 is 4.39 Å². The number of carbonyl (C=O) groups excluding carboxylic acids is 1. The summed E-state index contributed by atoms with van der Waals surface area (Å²) in [5, 5.41) is 1.81. The highest BCUT2D eigenvalue weighted by Gasteiger charge is 2.65. The van der Waals surface area contributed by atoms with Crippen molar-refractivity contribution in [2.45, 2.75) is 50.0 Å². The normalized spacial score (nSPS) is 28.5. The van der Waals surface area contributed by atoms with Crippen molar-refractivity contribution in [1.29, 1.82) is 0 Å². The second-order valence-corrected chi connectivity index (χ2v) is 10.4. The maximum Gasteiger partial charge on any atom is 0.435 e. The second-order valence-electron chi connectivity index (χ2n) is 9.51. The fourth-order valence-electron chi connectivity index (χ4n) is 4.61. The summed E-state index contributed by atoms with van der Waals surface area (Å²) in [6.07, 6.45) is -4.68. The molecule has 1 aliphatic carbocycles. The molecule has 3 aliphatic rings. The first-order valence-corrected chi connectivity index (χ1v) is 11.8. The molecular formula is C24H23Cl2F5N2O2. The van der Waals surface area contributed by atoms with Gasteiger partial charge in [-0.05, 0) is 22.8 Å². The summed E-state index contributed by atoms with van der Waals surface area (Å²) >= 11 is 11.8. The van der Waals surface area contributed by atoms with E-state index in [-0.39, 0.29) is 36.2 Å². The zero-order chi connectivity index (χ0) is 25.9. The number of hydrogen-bond donors (Lipinski definition) is 0. The molecule has 3 unspecified atom stereocenters. The van der Waals surface area contributed by atoms with Gasteiger partial charge in [-0.3, -0.25) is 4.79 Å². The summed E-state index contributed by atoms with van der Waals surface area (Å²) in [5.74, 6) is -2.34. The fourth-order valence-corrected chi connectivity index (χ4v) is 5.16. The molecule has 1 aromatic rings. The van der Waals surface area contributed by atoms with Crippen molar-refractivity contribution < 1.29 is 31.6 Å². The Morgan fingerprint density at radius 2 is 1.83 bits per heavy atom. The molecule has 0 N–H and O–H groups in total. The predicted octanol–water partition coefficient (Wildman–Crippen LogP) is 6.38. The summed E-state index contributed by atoms with van der Waals surface area (Å²) in [7, 11) is 0. The van der Waals surface area contributed by atoms with Crippen LogP contribution in [0.5, 0.6) is 0 Å². The SMILES string of the molecule is CC(C)C(=O)N1CC(F)(c2ccc(C3=NOC(C4=CC(Cl)=C(F)C(Cl)C4C)(C(F)(F)F)C3)cc2)C1. The molecule has 2 heterocycles. The Labute approximate surface area is 209 Å². The van der Waals surface area contributed by atoms with Gasteiger partial charge in [0.15, 0.2) is 5.67 Å². The maximum absolute atomic E-state index is 15.2. The van der Waals surface area contributed by atoms with E-state index in [9.17, 15) is 22.4 Å². The molecule has 3 atom stereocenters. The Hall–Kier alpha value is -2.13. The van der Waals surface area contributed by atoms with Gasteiger partial charge >= 0.3 is 6.18 Å². The van der Waals surface area contributed by atoms with Crippen LogP contribution >= 0.6 is 23.2 Å². The van der Waals surface area contributed by atoms with Crippen molar-refractivity contribution >= 4 is 34.8 Å². The minimum atomic E-state index is -4.90. The third-order valence-corrected chi connectivity index (χ3v) is 7.62. The quantitative estimate of drug-likeness (QED) is 0.331. The lowest BCUT2D eigenvalue weighted by atomic mass is 9.76. The van der Waals surface area contributed by atoms with Crippen LogP contribution in [0.25, 0.3) is 0 Å². The minimum absolute atomic E-state index is 0.00243. The van der Waals surface area contributed by atoms with E-state index in [1.54, 1.807) is 13.8 Å². The topological polar surface area (TPSA) is 41.9 Å². The van der Waals surface area contributed by atoms with Gasteiger partial charge in [-0.2, -0.15) is 13.2 Å². The van der Waals surface area contributed by atoms with Crippen LogP contribution < -0.4 is 0 Å². The Balaban J connectivity index is 1.56. The van der Waals surface area contributed by atoms with Gasteiger partial charge in [-0.1, -0.05) is 61.8 Å². The number of carbonyl (C=O) groups is 1. The number of alkyl halides is 5. The van der Waals surface area contributed by atoms with Gasteiger partial charge in [0.05, 0.1) is 29.2 Å². The highest BCUT2D eigenvalue weighted by molar-refractivity contribution is 6.33. The van der Waals surface area contributed by atoms with Crippen molar-refractivity contribution in [3.8, 4) is 0 Å². The number of rotatable bonds is 4. The van der Waals surface area contributed by atoms with Crippen LogP contribution in [0, 0.1) is 11.8 Å². The smallest absolute Gasteiger partial charge is 0.374 e. The highest BCUT2D eigenvalue weighted by atomic mass is 35.5. The Morgan fingerprint density at radius 1 is 1.23 bits per heavy atom. The van der Waals surface area contributed by atoms with E-state index in [4.69, 9.17) is 28.0 Å². The molecule has 4 nitrogen and oxygen atoms in total. The molecule has 1 amide bonds. The lowest BCUT2D eigenvalue weighted by molar-refractivity contribution is -0.255. The first-order valence-electron chi connectivity index (χ1n) is 11.0. The molecule has 0 bridgehead atoms. The first-order chi connectivity index (χ1) is 16.2. The lowest BCUT2D eigenvalue weighted by Crippen LogP contribution is -2.59. The van der Waals surface area contributed by atoms with Crippen molar-refractivity contribution in [1.82, 2.24) is 4.90 Å². The van der Waals surface area contributed by atoms with Crippen LogP contribution in [-0.4, -0.2) is 46.8 Å². The Kier molecular flexibility index (Phi) is 6.50. The standard InChI is InChI=1S/C24H23Cl2F5N2O2/c1-12(2)21(34)33-10-22(28,11-33)15-6-4-14(5-7-15)18-9-23(35-32-18,24(29,30)31)16-8-17(25)20(27)19(26)13(16)3/h4-8,12-13,19H,9-11H2,1-3H3. The molecule has 11 heteroatoms. The van der Waals surface area contributed by atoms with E-state index in [0.717, 1.165) is 6.08 Å². The number of halogens is 7. The second kappa shape index (κ2) is 8.76. The number of oxime groups is 1. The van der Waals surface area contributed by atoms with Gasteiger partial charge < -0.3 is 9.74 Å². The lowest BCUT2D eigenvalue weighted by Gasteiger charge is -2.45. The van der Waals surface area contributed by atoms with E-state index in [2.05, 4.69) is 5.16 Å². The van der Waals surface area contributed by atoms with Crippen molar-refractivity contribution in [3.05, 3.63) is 57.9 Å². The first kappa shape index (κ1) is 25.9. The number of amides is 1. The molecule has 190 valence electrons. The molecule has 1 saturated heterocycles. The van der Waals surface area contributed by atoms with Crippen LogP contribution in [0.15, 0.2) is 51.9 Å². The molecular weight excluding hydrogens is 514 g/mol. The monoisotopic (exact) mass is 536 g/mol. The average Bonchev–Trinajstić information content (AvgIpc) is 3.24. The Bertz CT molecular complexity index is 1120.